The molecule has 1 N–H and O–H groups in total. The number of halogens is 1. The lowest BCUT2D eigenvalue weighted by molar-refractivity contribution is 0.0939. The summed E-state index contributed by atoms with van der Waals surface area (Å²) in [6.45, 7) is 1.72. The van der Waals surface area contributed by atoms with E-state index in [9.17, 15) is 9.18 Å². The maximum atomic E-state index is 13.6. The summed E-state index contributed by atoms with van der Waals surface area (Å²) in [4.78, 5) is 16.8. The Labute approximate surface area is 132 Å². The molecule has 1 unspecified atom stereocenters. The molecule has 3 rings (SSSR count). The Kier molecular flexibility index (Phi) is 3.97. The van der Waals surface area contributed by atoms with Crippen molar-refractivity contribution < 1.29 is 13.6 Å². The fourth-order valence-corrected chi connectivity index (χ4v) is 2.47. The number of aryl methyl sites for hydroxylation is 2. The van der Waals surface area contributed by atoms with Crippen LogP contribution in [0.1, 0.15) is 33.5 Å². The molecule has 2 aromatic heterocycles. The highest BCUT2D eigenvalue weighted by Gasteiger charge is 2.23. The van der Waals surface area contributed by atoms with Gasteiger partial charge in [0.05, 0.1) is 11.8 Å². The van der Waals surface area contributed by atoms with Crippen LogP contribution in [0.3, 0.4) is 0 Å². The molecule has 5 nitrogen and oxygen atoms in total. The van der Waals surface area contributed by atoms with E-state index in [1.54, 1.807) is 42.1 Å². The summed E-state index contributed by atoms with van der Waals surface area (Å²) in [6, 6.07) is 7.16. The summed E-state index contributed by atoms with van der Waals surface area (Å²) < 4.78 is 20.5. The van der Waals surface area contributed by atoms with E-state index in [4.69, 9.17) is 4.42 Å². The first kappa shape index (κ1) is 15.0. The van der Waals surface area contributed by atoms with Gasteiger partial charge in [0.1, 0.15) is 23.4 Å². The largest absolute Gasteiger partial charge is 0.469 e. The zero-order valence-corrected chi connectivity index (χ0v) is 12.8. The topological polar surface area (TPSA) is 60.1 Å². The van der Waals surface area contributed by atoms with Gasteiger partial charge < -0.3 is 14.3 Å². The molecule has 0 bridgehead atoms. The second-order valence-electron chi connectivity index (χ2n) is 5.25. The van der Waals surface area contributed by atoms with E-state index in [-0.39, 0.29) is 11.7 Å². The molecule has 2 heterocycles. The van der Waals surface area contributed by atoms with Gasteiger partial charge in [-0.1, -0.05) is 12.1 Å². The van der Waals surface area contributed by atoms with Crippen LogP contribution in [0.4, 0.5) is 4.39 Å². The van der Waals surface area contributed by atoms with Crippen LogP contribution in [-0.4, -0.2) is 15.5 Å². The summed E-state index contributed by atoms with van der Waals surface area (Å²) >= 11 is 0. The maximum Gasteiger partial charge on any atom is 0.255 e. The molecule has 0 spiro atoms. The average molecular weight is 313 g/mol. The van der Waals surface area contributed by atoms with Gasteiger partial charge in [-0.15, -0.1) is 0 Å². The van der Waals surface area contributed by atoms with E-state index in [2.05, 4.69) is 10.3 Å². The molecule has 0 saturated carbocycles. The number of nitrogens with one attached hydrogen (secondary N) is 1. The molecular formula is C17H16FN3O2. The van der Waals surface area contributed by atoms with Crippen molar-refractivity contribution in [3.05, 3.63) is 77.5 Å². The van der Waals surface area contributed by atoms with E-state index >= 15 is 0 Å². The fourth-order valence-electron chi connectivity index (χ4n) is 2.47. The zero-order chi connectivity index (χ0) is 16.4. The Hall–Kier alpha value is -2.89. The predicted octanol–water partition coefficient (Wildman–Crippen LogP) is 2.98. The Balaban J connectivity index is 1.98. The quantitative estimate of drug-likeness (QED) is 0.805. The molecular weight excluding hydrogens is 297 g/mol. The molecule has 0 saturated heterocycles. The van der Waals surface area contributed by atoms with Crippen LogP contribution in [0.15, 0.2) is 53.4 Å². The SMILES string of the molecule is Cc1occc1C(=O)NC(c1cccc(F)c1)c1nccn1C. The first-order valence-electron chi connectivity index (χ1n) is 7.14. The lowest BCUT2D eigenvalue weighted by Gasteiger charge is -2.19. The number of carbonyl (C=O) groups excluding carboxylic acids is 1. The monoisotopic (exact) mass is 313 g/mol. The molecule has 0 aliphatic heterocycles. The smallest absolute Gasteiger partial charge is 0.255 e. The average Bonchev–Trinajstić information content (AvgIpc) is 3.13. The number of carbonyl (C=O) groups is 1. The van der Waals surface area contributed by atoms with Gasteiger partial charge >= 0.3 is 0 Å². The van der Waals surface area contributed by atoms with E-state index in [0.29, 0.717) is 22.7 Å². The van der Waals surface area contributed by atoms with Crippen LogP contribution >= 0.6 is 0 Å². The molecule has 1 atom stereocenters. The van der Waals surface area contributed by atoms with E-state index in [1.165, 1.54) is 18.4 Å². The number of nitrogens with zero attached hydrogens (tertiary/aromatic N) is 2. The zero-order valence-electron chi connectivity index (χ0n) is 12.8. The van der Waals surface area contributed by atoms with Crippen molar-refractivity contribution in [1.82, 2.24) is 14.9 Å². The van der Waals surface area contributed by atoms with Gasteiger partial charge in [0.15, 0.2) is 0 Å². The van der Waals surface area contributed by atoms with E-state index < -0.39 is 6.04 Å². The lowest BCUT2D eigenvalue weighted by Crippen LogP contribution is -2.31. The van der Waals surface area contributed by atoms with Crippen LogP contribution in [-0.2, 0) is 7.05 Å². The molecule has 1 aromatic carbocycles. The highest BCUT2D eigenvalue weighted by Crippen LogP contribution is 2.22. The third-order valence-corrected chi connectivity index (χ3v) is 3.68. The number of aromatic nitrogens is 2. The van der Waals surface area contributed by atoms with Crippen molar-refractivity contribution in [2.45, 2.75) is 13.0 Å². The first-order chi connectivity index (χ1) is 11.1. The number of imidazole rings is 1. The van der Waals surface area contributed by atoms with E-state index in [0.717, 1.165) is 0 Å². The molecule has 23 heavy (non-hydrogen) atoms. The Morgan fingerprint density at radius 2 is 2.22 bits per heavy atom. The third kappa shape index (κ3) is 3.01. The normalized spacial score (nSPS) is 12.1. The number of benzene rings is 1. The molecule has 0 aliphatic carbocycles. The van der Waals surface area contributed by atoms with Crippen molar-refractivity contribution in [2.24, 2.45) is 7.05 Å². The van der Waals surface area contributed by atoms with Crippen LogP contribution in [0.5, 0.6) is 0 Å². The molecule has 0 fully saturated rings. The fraction of sp³-hybridized carbons (Fsp3) is 0.176. The number of hydrogen-bond acceptors (Lipinski definition) is 3. The van der Waals surface area contributed by atoms with Gasteiger partial charge in [0.25, 0.3) is 5.91 Å². The van der Waals surface area contributed by atoms with Gasteiger partial charge in [-0.2, -0.15) is 0 Å². The second kappa shape index (κ2) is 6.08. The van der Waals surface area contributed by atoms with E-state index in [1.807, 2.05) is 7.05 Å². The summed E-state index contributed by atoms with van der Waals surface area (Å²) in [7, 11) is 1.82. The van der Waals surface area contributed by atoms with Gasteiger partial charge in [-0.05, 0) is 30.7 Å². The number of rotatable bonds is 4. The minimum Gasteiger partial charge on any atom is -0.469 e. The summed E-state index contributed by atoms with van der Waals surface area (Å²) in [5, 5.41) is 2.90. The van der Waals surface area contributed by atoms with Crippen molar-refractivity contribution in [3.8, 4) is 0 Å². The first-order valence-corrected chi connectivity index (χ1v) is 7.14. The van der Waals surface area contributed by atoms with Crippen LogP contribution in [0, 0.1) is 12.7 Å². The summed E-state index contributed by atoms with van der Waals surface area (Å²) in [6.07, 6.45) is 4.87. The van der Waals surface area contributed by atoms with Crippen LogP contribution in [0.2, 0.25) is 0 Å². The minimum atomic E-state index is -0.563. The lowest BCUT2D eigenvalue weighted by atomic mass is 10.1. The van der Waals surface area contributed by atoms with Crippen LogP contribution in [0.25, 0.3) is 0 Å². The van der Waals surface area contributed by atoms with Gasteiger partial charge in [-0.25, -0.2) is 9.37 Å². The summed E-state index contributed by atoms with van der Waals surface area (Å²) in [5.41, 5.74) is 1.06. The highest BCUT2D eigenvalue weighted by molar-refractivity contribution is 5.95. The standard InChI is InChI=1S/C17H16FN3O2/c1-11-14(6-9-23-11)17(22)20-15(16-19-7-8-21(16)2)12-4-3-5-13(18)10-12/h3-10,15H,1-2H3,(H,20,22). The van der Waals surface area contributed by atoms with Crippen molar-refractivity contribution in [1.29, 1.82) is 0 Å². The Morgan fingerprint density at radius 3 is 2.83 bits per heavy atom. The molecule has 118 valence electrons. The van der Waals surface area contributed by atoms with Gasteiger partial charge in [0, 0.05) is 19.4 Å². The van der Waals surface area contributed by atoms with Crippen molar-refractivity contribution in [2.75, 3.05) is 0 Å². The minimum absolute atomic E-state index is 0.298. The molecule has 1 amide bonds. The molecule has 0 radical (unpaired) electrons. The number of amides is 1. The molecule has 3 aromatic rings. The Bertz CT molecular complexity index is 838. The summed E-state index contributed by atoms with van der Waals surface area (Å²) in [5.74, 6) is 0.481. The maximum absolute atomic E-state index is 13.6. The Morgan fingerprint density at radius 1 is 1.39 bits per heavy atom. The van der Waals surface area contributed by atoms with Crippen LogP contribution < -0.4 is 5.32 Å². The van der Waals surface area contributed by atoms with Gasteiger partial charge in [0.2, 0.25) is 0 Å². The third-order valence-electron chi connectivity index (χ3n) is 3.68. The molecule has 0 aliphatic rings. The number of furan rings is 1. The van der Waals surface area contributed by atoms with Gasteiger partial charge in [-0.3, -0.25) is 4.79 Å². The number of hydrogen-bond donors (Lipinski definition) is 1. The molecule has 6 heteroatoms. The highest BCUT2D eigenvalue weighted by atomic mass is 19.1. The van der Waals surface area contributed by atoms with Crippen molar-refractivity contribution >= 4 is 5.91 Å². The second-order valence-corrected chi connectivity index (χ2v) is 5.25. The predicted molar refractivity (Wildman–Crippen MR) is 82.4 cm³/mol. The van der Waals surface area contributed by atoms with Crippen molar-refractivity contribution in [3.63, 3.8) is 0 Å².